The number of benzene rings is 1. The normalized spacial score (nSPS) is 14.8. The van der Waals surface area contributed by atoms with Crippen molar-refractivity contribution >= 4 is 41.7 Å². The maximum Gasteiger partial charge on any atom is 0.408 e. The lowest BCUT2D eigenvalue weighted by Gasteiger charge is -2.28. The molecule has 0 aromatic heterocycles. The minimum Gasteiger partial charge on any atom is -0.467 e. The van der Waals surface area contributed by atoms with Crippen molar-refractivity contribution in [2.24, 2.45) is 17.8 Å². The zero-order chi connectivity index (χ0) is 39.8. The lowest BCUT2D eigenvalue weighted by Crippen LogP contribution is -2.61. The molecule has 0 heterocycles. The van der Waals surface area contributed by atoms with Gasteiger partial charge in [-0.2, -0.15) is 0 Å². The van der Waals surface area contributed by atoms with Crippen molar-refractivity contribution in [3.8, 4) is 0 Å². The average Bonchev–Trinajstić information content (AvgIpc) is 3.07. The number of ether oxygens (including phenoxy) is 3. The number of esters is 2. The van der Waals surface area contributed by atoms with E-state index in [9.17, 15) is 33.6 Å². The summed E-state index contributed by atoms with van der Waals surface area (Å²) in [6.07, 6.45) is -0.0972. The van der Waals surface area contributed by atoms with Crippen molar-refractivity contribution < 1.29 is 47.8 Å². The van der Waals surface area contributed by atoms with Crippen LogP contribution in [0.1, 0.15) is 94.1 Å². The highest BCUT2D eigenvalue weighted by Crippen LogP contribution is 2.13. The van der Waals surface area contributed by atoms with Crippen LogP contribution < -0.4 is 26.6 Å². The highest BCUT2D eigenvalue weighted by atomic mass is 16.6. The molecular weight excluding hydrogens is 674 g/mol. The van der Waals surface area contributed by atoms with Gasteiger partial charge in [0, 0.05) is 0 Å². The number of carbonyl (C=O) groups is 7. The topological polar surface area (TPSA) is 207 Å². The SMILES string of the molecule is CC[C@H](NC(=O)C(NC(=O)[C@H](CC(C)C)NC(=O)[C@@H](NC(=O)OC(C)(C)C)C(C)C)C(=O)OCc1ccccc1)C(=O)N[C@H](C(=O)OC)[C@@H](C)CC. The van der Waals surface area contributed by atoms with E-state index in [1.54, 1.807) is 78.8 Å². The summed E-state index contributed by atoms with van der Waals surface area (Å²) in [5.41, 5.74) is -0.199. The fourth-order valence-electron chi connectivity index (χ4n) is 4.88. The van der Waals surface area contributed by atoms with Crippen LogP contribution in [0.3, 0.4) is 0 Å². The summed E-state index contributed by atoms with van der Waals surface area (Å²) in [6, 6.07) is 2.21. The average molecular weight is 734 g/mol. The monoisotopic (exact) mass is 733 g/mol. The number of hydrogen-bond acceptors (Lipinski definition) is 10. The van der Waals surface area contributed by atoms with E-state index in [-0.39, 0.29) is 31.3 Å². The van der Waals surface area contributed by atoms with Crippen LogP contribution in [0, 0.1) is 17.8 Å². The van der Waals surface area contributed by atoms with Crippen molar-refractivity contribution in [1.82, 2.24) is 26.6 Å². The van der Waals surface area contributed by atoms with Crippen LogP contribution in [0.2, 0.25) is 0 Å². The van der Waals surface area contributed by atoms with Gasteiger partial charge in [0.1, 0.15) is 36.4 Å². The van der Waals surface area contributed by atoms with Crippen molar-refractivity contribution in [3.63, 3.8) is 0 Å². The molecule has 0 aliphatic rings. The molecule has 0 fully saturated rings. The van der Waals surface area contributed by atoms with Crippen LogP contribution >= 0.6 is 0 Å². The predicted molar refractivity (Wildman–Crippen MR) is 193 cm³/mol. The molecule has 0 saturated carbocycles. The van der Waals surface area contributed by atoms with Gasteiger partial charge in [0.25, 0.3) is 5.91 Å². The van der Waals surface area contributed by atoms with Gasteiger partial charge in [-0.25, -0.2) is 14.4 Å². The Morgan fingerprint density at radius 2 is 1.25 bits per heavy atom. The predicted octanol–water partition coefficient (Wildman–Crippen LogP) is 2.89. The van der Waals surface area contributed by atoms with E-state index < -0.39 is 83.4 Å². The minimum atomic E-state index is -1.93. The summed E-state index contributed by atoms with van der Waals surface area (Å²) < 4.78 is 15.6. The third-order valence-electron chi connectivity index (χ3n) is 7.98. The van der Waals surface area contributed by atoms with E-state index in [1.807, 2.05) is 20.8 Å². The molecule has 0 spiro atoms. The molecule has 292 valence electrons. The second kappa shape index (κ2) is 21.6. The molecule has 1 rings (SSSR count). The number of nitrogens with one attached hydrogen (secondary N) is 5. The maximum atomic E-state index is 13.8. The minimum absolute atomic E-state index is 0.0684. The lowest BCUT2D eigenvalue weighted by molar-refractivity contribution is -0.153. The Hall–Kier alpha value is -4.69. The van der Waals surface area contributed by atoms with Crippen LogP contribution in [0.5, 0.6) is 0 Å². The fraction of sp³-hybridized carbons (Fsp3) is 0.649. The molecule has 5 amide bonds. The second-order valence-electron chi connectivity index (χ2n) is 14.5. The fourth-order valence-corrected chi connectivity index (χ4v) is 4.88. The van der Waals surface area contributed by atoms with Gasteiger partial charge in [-0.05, 0) is 56.9 Å². The van der Waals surface area contributed by atoms with Crippen LogP contribution in [0.25, 0.3) is 0 Å². The molecular formula is C37H59N5O10. The van der Waals surface area contributed by atoms with Crippen LogP contribution in [-0.2, 0) is 49.6 Å². The number of hydrogen-bond donors (Lipinski definition) is 5. The van der Waals surface area contributed by atoms with E-state index in [2.05, 4.69) is 26.6 Å². The van der Waals surface area contributed by atoms with E-state index in [4.69, 9.17) is 14.2 Å². The van der Waals surface area contributed by atoms with E-state index in [1.165, 1.54) is 7.11 Å². The number of carbonyl (C=O) groups excluding carboxylic acids is 7. The Labute approximate surface area is 307 Å². The number of amides is 5. The van der Waals surface area contributed by atoms with Gasteiger partial charge >= 0.3 is 18.0 Å². The van der Waals surface area contributed by atoms with Gasteiger partial charge in [0.05, 0.1) is 7.11 Å². The summed E-state index contributed by atoms with van der Waals surface area (Å²) in [6.45, 7) is 17.1. The molecule has 1 aromatic carbocycles. The third-order valence-corrected chi connectivity index (χ3v) is 7.98. The quantitative estimate of drug-likeness (QED) is 0.0798. The summed E-state index contributed by atoms with van der Waals surface area (Å²) in [5, 5.41) is 12.7. The van der Waals surface area contributed by atoms with Gasteiger partial charge < -0.3 is 40.8 Å². The zero-order valence-electron chi connectivity index (χ0n) is 32.4. The highest BCUT2D eigenvalue weighted by Gasteiger charge is 2.37. The summed E-state index contributed by atoms with van der Waals surface area (Å²) in [4.78, 5) is 92.7. The Kier molecular flexibility index (Phi) is 18.8. The van der Waals surface area contributed by atoms with Crippen LogP contribution in [0.4, 0.5) is 4.79 Å². The highest BCUT2D eigenvalue weighted by molar-refractivity contribution is 6.07. The molecule has 6 atom stereocenters. The molecule has 52 heavy (non-hydrogen) atoms. The first-order chi connectivity index (χ1) is 24.2. The largest absolute Gasteiger partial charge is 0.467 e. The first-order valence-corrected chi connectivity index (χ1v) is 17.7. The zero-order valence-corrected chi connectivity index (χ0v) is 32.4. The van der Waals surface area contributed by atoms with Gasteiger partial charge in [-0.15, -0.1) is 0 Å². The number of methoxy groups -OCH3 is 1. The molecule has 0 radical (unpaired) electrons. The molecule has 5 N–H and O–H groups in total. The molecule has 1 unspecified atom stereocenters. The standard InChI is InChI=1S/C37H59N5O10/c1-12-23(7)28(34(47)50-11)40-30(43)25(13-2)38-33(46)29(35(48)51-20-24-17-15-14-16-18-24)41-31(44)26(19-21(3)4)39-32(45)27(22(5)6)42-36(49)52-37(8,9)10/h14-18,21-23,25-29H,12-13,19-20H2,1-11H3,(H,38,46)(H,39,45)(H,40,43)(H,41,44)(H,42,49)/t23-,25-,26-,27-,28-,29?/m0/s1. The summed E-state index contributed by atoms with van der Waals surface area (Å²) in [7, 11) is 1.20. The van der Waals surface area contributed by atoms with Crippen molar-refractivity contribution in [2.45, 2.75) is 131 Å². The molecule has 0 bridgehead atoms. The Morgan fingerprint density at radius 3 is 1.75 bits per heavy atom. The molecule has 15 nitrogen and oxygen atoms in total. The first-order valence-electron chi connectivity index (χ1n) is 17.7. The van der Waals surface area contributed by atoms with Crippen molar-refractivity contribution in [1.29, 1.82) is 0 Å². The summed E-state index contributed by atoms with van der Waals surface area (Å²) >= 11 is 0. The number of rotatable bonds is 19. The van der Waals surface area contributed by atoms with E-state index in [0.29, 0.717) is 12.0 Å². The maximum absolute atomic E-state index is 13.8. The van der Waals surface area contributed by atoms with E-state index in [0.717, 1.165) is 0 Å². The third kappa shape index (κ3) is 15.7. The molecule has 0 saturated heterocycles. The van der Waals surface area contributed by atoms with Crippen LogP contribution in [0.15, 0.2) is 30.3 Å². The smallest absolute Gasteiger partial charge is 0.408 e. The van der Waals surface area contributed by atoms with Crippen molar-refractivity contribution in [2.75, 3.05) is 7.11 Å². The van der Waals surface area contributed by atoms with E-state index >= 15 is 0 Å². The Balaban J connectivity index is 3.36. The van der Waals surface area contributed by atoms with Crippen LogP contribution in [-0.4, -0.2) is 84.6 Å². The number of alkyl carbamates (subject to hydrolysis) is 1. The Morgan fingerprint density at radius 1 is 0.673 bits per heavy atom. The van der Waals surface area contributed by atoms with Gasteiger partial charge in [0.15, 0.2) is 0 Å². The first kappa shape index (κ1) is 45.3. The molecule has 0 aliphatic heterocycles. The van der Waals surface area contributed by atoms with Gasteiger partial charge in [0.2, 0.25) is 23.8 Å². The van der Waals surface area contributed by atoms with Gasteiger partial charge in [-0.3, -0.25) is 19.2 Å². The molecule has 0 aliphatic carbocycles. The van der Waals surface area contributed by atoms with Gasteiger partial charge in [-0.1, -0.05) is 85.2 Å². The molecule has 15 heteroatoms. The van der Waals surface area contributed by atoms with Crippen molar-refractivity contribution in [3.05, 3.63) is 35.9 Å². The second-order valence-corrected chi connectivity index (χ2v) is 14.5. The molecule has 1 aromatic rings. The Bertz CT molecular complexity index is 1360. The summed E-state index contributed by atoms with van der Waals surface area (Å²) in [5.74, 6) is -5.89. The lowest BCUT2D eigenvalue weighted by atomic mass is 9.98.